The summed E-state index contributed by atoms with van der Waals surface area (Å²) in [5.41, 5.74) is -0.162. The molecule has 1 unspecified atom stereocenters. The van der Waals surface area contributed by atoms with E-state index in [1.165, 1.54) is 4.90 Å². The van der Waals surface area contributed by atoms with E-state index < -0.39 is 6.09 Å². The maximum absolute atomic E-state index is 11.7. The minimum atomic E-state index is -0.895. The fraction of sp³-hybridized carbons (Fsp3) is 0.833. The summed E-state index contributed by atoms with van der Waals surface area (Å²) in [6.45, 7) is 9.27. The zero-order chi connectivity index (χ0) is 13.2. The number of carboxylic acid groups (broad SMARTS) is 1. The number of piperazine rings is 1. The molecule has 1 atom stereocenters. The number of hydrogen-bond acceptors (Lipinski definition) is 2. The number of carbonyl (C=O) groups excluding carboxylic acids is 1. The molecular weight excluding hydrogens is 220 g/mol. The van der Waals surface area contributed by atoms with Crippen molar-refractivity contribution in [2.45, 2.75) is 40.2 Å². The Balaban J connectivity index is 2.84. The van der Waals surface area contributed by atoms with Crippen molar-refractivity contribution in [2.75, 3.05) is 19.6 Å². The van der Waals surface area contributed by atoms with E-state index in [4.69, 9.17) is 0 Å². The summed E-state index contributed by atoms with van der Waals surface area (Å²) in [7, 11) is 0. The van der Waals surface area contributed by atoms with Crippen molar-refractivity contribution >= 4 is 12.0 Å². The van der Waals surface area contributed by atoms with E-state index in [9.17, 15) is 14.7 Å². The number of nitrogens with zero attached hydrogens (tertiary/aromatic N) is 2. The van der Waals surface area contributed by atoms with Gasteiger partial charge in [-0.1, -0.05) is 27.7 Å². The molecule has 1 aliphatic rings. The van der Waals surface area contributed by atoms with E-state index >= 15 is 0 Å². The molecule has 1 N–H and O–H groups in total. The van der Waals surface area contributed by atoms with Crippen LogP contribution in [0.4, 0.5) is 4.79 Å². The van der Waals surface area contributed by atoms with E-state index in [1.54, 1.807) is 4.90 Å². The van der Waals surface area contributed by atoms with Crippen LogP contribution in [-0.2, 0) is 4.79 Å². The lowest BCUT2D eigenvalue weighted by Crippen LogP contribution is -2.60. The van der Waals surface area contributed by atoms with E-state index in [0.717, 1.165) is 0 Å². The maximum atomic E-state index is 11.7. The van der Waals surface area contributed by atoms with Crippen LogP contribution in [0.3, 0.4) is 0 Å². The zero-order valence-electron chi connectivity index (χ0n) is 11.1. The van der Waals surface area contributed by atoms with Gasteiger partial charge in [-0.05, 0) is 5.41 Å². The van der Waals surface area contributed by atoms with Gasteiger partial charge in [0.25, 0.3) is 0 Å². The average molecular weight is 242 g/mol. The van der Waals surface area contributed by atoms with Crippen LogP contribution < -0.4 is 0 Å². The third-order valence-corrected chi connectivity index (χ3v) is 3.28. The smallest absolute Gasteiger partial charge is 0.407 e. The molecule has 0 saturated carbocycles. The molecule has 1 aliphatic heterocycles. The quantitative estimate of drug-likeness (QED) is 0.760. The van der Waals surface area contributed by atoms with Gasteiger partial charge in [-0.3, -0.25) is 4.79 Å². The molecule has 0 spiro atoms. The molecule has 0 radical (unpaired) electrons. The summed E-state index contributed by atoms with van der Waals surface area (Å²) in [4.78, 5) is 26.1. The van der Waals surface area contributed by atoms with Crippen LogP contribution in [0.25, 0.3) is 0 Å². The summed E-state index contributed by atoms with van der Waals surface area (Å²) in [5.74, 6) is 0.101. The van der Waals surface area contributed by atoms with Crippen molar-refractivity contribution < 1.29 is 14.7 Å². The number of carbonyl (C=O) groups is 2. The Morgan fingerprint density at radius 1 is 1.29 bits per heavy atom. The predicted molar refractivity (Wildman–Crippen MR) is 64.8 cm³/mol. The molecule has 17 heavy (non-hydrogen) atoms. The van der Waals surface area contributed by atoms with Gasteiger partial charge < -0.3 is 14.9 Å². The Morgan fingerprint density at radius 3 is 2.29 bits per heavy atom. The van der Waals surface area contributed by atoms with Gasteiger partial charge in [0.2, 0.25) is 5.91 Å². The van der Waals surface area contributed by atoms with E-state index in [-0.39, 0.29) is 17.4 Å². The number of rotatable bonds is 1. The molecule has 2 amide bonds. The average Bonchev–Trinajstić information content (AvgIpc) is 2.25. The number of amides is 2. The van der Waals surface area contributed by atoms with Crippen molar-refractivity contribution in [1.29, 1.82) is 0 Å². The fourth-order valence-electron chi connectivity index (χ4n) is 2.20. The Hall–Kier alpha value is -1.26. The lowest BCUT2D eigenvalue weighted by molar-refractivity contribution is -0.134. The van der Waals surface area contributed by atoms with Crippen molar-refractivity contribution in [3.8, 4) is 0 Å². The molecule has 1 saturated heterocycles. The topological polar surface area (TPSA) is 60.9 Å². The molecular formula is C12H22N2O3. The van der Waals surface area contributed by atoms with Crippen molar-refractivity contribution in [3.63, 3.8) is 0 Å². The zero-order valence-corrected chi connectivity index (χ0v) is 11.1. The van der Waals surface area contributed by atoms with Gasteiger partial charge in [-0.25, -0.2) is 4.79 Å². The Bertz CT molecular complexity index is 309. The third-order valence-electron chi connectivity index (χ3n) is 3.28. The van der Waals surface area contributed by atoms with E-state index in [1.807, 2.05) is 27.7 Å². The second-order valence-corrected chi connectivity index (χ2v) is 5.55. The van der Waals surface area contributed by atoms with Gasteiger partial charge in [-0.15, -0.1) is 0 Å². The predicted octanol–water partition coefficient (Wildman–Crippen LogP) is 1.63. The highest BCUT2D eigenvalue weighted by molar-refractivity contribution is 5.76. The lowest BCUT2D eigenvalue weighted by atomic mass is 9.84. The first-order valence-corrected chi connectivity index (χ1v) is 6.04. The van der Waals surface area contributed by atoms with E-state index in [0.29, 0.717) is 26.1 Å². The molecule has 5 heteroatoms. The SMILES string of the molecule is CCC(=O)N1CCN(C(=O)O)C(C(C)(C)C)C1. The first-order chi connectivity index (χ1) is 7.77. The molecule has 0 aliphatic carbocycles. The van der Waals surface area contributed by atoms with Crippen LogP contribution in [-0.4, -0.2) is 52.6 Å². The van der Waals surface area contributed by atoms with Gasteiger partial charge in [0.05, 0.1) is 6.04 Å². The standard InChI is InChI=1S/C12H22N2O3/c1-5-10(15)13-6-7-14(11(16)17)9(8-13)12(2,3)4/h9H,5-8H2,1-4H3,(H,16,17). The second-order valence-electron chi connectivity index (χ2n) is 5.55. The summed E-state index contributed by atoms with van der Waals surface area (Å²) in [6.07, 6.45) is -0.419. The molecule has 98 valence electrons. The molecule has 5 nitrogen and oxygen atoms in total. The van der Waals surface area contributed by atoms with E-state index in [2.05, 4.69) is 0 Å². The van der Waals surface area contributed by atoms with Gasteiger partial charge in [0.15, 0.2) is 0 Å². The van der Waals surface area contributed by atoms with Crippen LogP contribution in [0.2, 0.25) is 0 Å². The van der Waals surface area contributed by atoms with Gasteiger partial charge in [0.1, 0.15) is 0 Å². The Labute approximate surface area is 102 Å². The molecule has 0 bridgehead atoms. The summed E-state index contributed by atoms with van der Waals surface area (Å²) in [5, 5.41) is 9.18. The Kier molecular flexibility index (Phi) is 4.01. The van der Waals surface area contributed by atoms with Crippen molar-refractivity contribution in [3.05, 3.63) is 0 Å². The second kappa shape index (κ2) is 4.94. The summed E-state index contributed by atoms with van der Waals surface area (Å²) in [6, 6.07) is -0.135. The van der Waals surface area contributed by atoms with Gasteiger partial charge in [0, 0.05) is 26.1 Å². The first kappa shape index (κ1) is 13.8. The maximum Gasteiger partial charge on any atom is 0.407 e. The number of hydrogen-bond donors (Lipinski definition) is 1. The minimum Gasteiger partial charge on any atom is -0.465 e. The summed E-state index contributed by atoms with van der Waals surface area (Å²) < 4.78 is 0. The largest absolute Gasteiger partial charge is 0.465 e. The normalized spacial score (nSPS) is 21.5. The van der Waals surface area contributed by atoms with Gasteiger partial charge in [-0.2, -0.15) is 0 Å². The van der Waals surface area contributed by atoms with Crippen molar-refractivity contribution in [2.24, 2.45) is 5.41 Å². The molecule has 0 aromatic heterocycles. The highest BCUT2D eigenvalue weighted by Crippen LogP contribution is 2.28. The minimum absolute atomic E-state index is 0.101. The first-order valence-electron chi connectivity index (χ1n) is 6.04. The highest BCUT2D eigenvalue weighted by Gasteiger charge is 2.38. The van der Waals surface area contributed by atoms with Crippen LogP contribution in [0.15, 0.2) is 0 Å². The third kappa shape index (κ3) is 3.11. The fourth-order valence-corrected chi connectivity index (χ4v) is 2.20. The molecule has 1 heterocycles. The monoisotopic (exact) mass is 242 g/mol. The van der Waals surface area contributed by atoms with Gasteiger partial charge >= 0.3 is 6.09 Å². The summed E-state index contributed by atoms with van der Waals surface area (Å²) >= 11 is 0. The van der Waals surface area contributed by atoms with Crippen LogP contribution >= 0.6 is 0 Å². The highest BCUT2D eigenvalue weighted by atomic mass is 16.4. The molecule has 0 aromatic carbocycles. The van der Waals surface area contributed by atoms with Crippen LogP contribution in [0, 0.1) is 5.41 Å². The molecule has 1 fully saturated rings. The molecule has 0 aromatic rings. The van der Waals surface area contributed by atoms with Crippen molar-refractivity contribution in [1.82, 2.24) is 9.80 Å². The lowest BCUT2D eigenvalue weighted by Gasteiger charge is -2.45. The Morgan fingerprint density at radius 2 is 1.88 bits per heavy atom. The molecule has 1 rings (SSSR count). The van der Waals surface area contributed by atoms with Crippen LogP contribution in [0.5, 0.6) is 0 Å². The van der Waals surface area contributed by atoms with Crippen LogP contribution in [0.1, 0.15) is 34.1 Å².